The van der Waals surface area contributed by atoms with Gasteiger partial charge in [-0.15, -0.1) is 0 Å². The normalized spacial score (nSPS) is 16.3. The summed E-state index contributed by atoms with van der Waals surface area (Å²) in [4.78, 5) is 41.4. The highest BCUT2D eigenvalue weighted by atomic mass is 16.5. The highest BCUT2D eigenvalue weighted by Crippen LogP contribution is 2.31. The first-order valence-corrected chi connectivity index (χ1v) is 12.1. The molecule has 194 valence electrons. The lowest BCUT2D eigenvalue weighted by Crippen LogP contribution is -2.50. The van der Waals surface area contributed by atoms with Crippen LogP contribution < -0.4 is 15.4 Å². The first-order valence-electron chi connectivity index (χ1n) is 12.1. The topological polar surface area (TPSA) is 121 Å². The lowest BCUT2D eigenvalue weighted by molar-refractivity contribution is -0.134. The largest absolute Gasteiger partial charge is 0.491 e. The van der Waals surface area contributed by atoms with Crippen LogP contribution in [0.1, 0.15) is 35.6 Å². The summed E-state index contributed by atoms with van der Waals surface area (Å²) in [5, 5.41) is 14.6. The Hall–Kier alpha value is -4.68. The molecule has 1 heterocycles. The van der Waals surface area contributed by atoms with E-state index in [2.05, 4.69) is 10.6 Å². The number of hydrogen-bond acceptors (Lipinski definition) is 6. The van der Waals surface area contributed by atoms with Crippen LogP contribution in [0.3, 0.4) is 0 Å². The fourth-order valence-corrected chi connectivity index (χ4v) is 4.33. The molecule has 0 bridgehead atoms. The molecule has 1 saturated heterocycles. The van der Waals surface area contributed by atoms with Crippen molar-refractivity contribution in [1.29, 1.82) is 5.26 Å². The zero-order valence-corrected chi connectivity index (χ0v) is 21.1. The van der Waals surface area contributed by atoms with Crippen LogP contribution in [-0.4, -0.2) is 49.1 Å². The van der Waals surface area contributed by atoms with Crippen molar-refractivity contribution in [2.75, 3.05) is 25.6 Å². The highest BCUT2D eigenvalue weighted by Gasteiger charge is 2.47. The van der Waals surface area contributed by atoms with E-state index in [0.717, 1.165) is 10.5 Å². The Kier molecular flexibility index (Phi) is 8.36. The van der Waals surface area contributed by atoms with E-state index in [9.17, 15) is 14.4 Å². The van der Waals surface area contributed by atoms with Crippen LogP contribution in [0.25, 0.3) is 0 Å². The molecule has 0 radical (unpaired) electrons. The molecule has 0 spiro atoms. The van der Waals surface area contributed by atoms with Crippen LogP contribution in [0.5, 0.6) is 5.75 Å². The van der Waals surface area contributed by atoms with E-state index in [0.29, 0.717) is 35.8 Å². The van der Waals surface area contributed by atoms with E-state index in [1.165, 1.54) is 0 Å². The van der Waals surface area contributed by atoms with Gasteiger partial charge in [-0.3, -0.25) is 9.59 Å². The van der Waals surface area contributed by atoms with E-state index in [4.69, 9.17) is 14.7 Å². The predicted molar refractivity (Wildman–Crippen MR) is 140 cm³/mol. The highest BCUT2D eigenvalue weighted by molar-refractivity contribution is 6.09. The summed E-state index contributed by atoms with van der Waals surface area (Å²) >= 11 is 0. The van der Waals surface area contributed by atoms with Crippen molar-refractivity contribution in [1.82, 2.24) is 10.2 Å². The minimum Gasteiger partial charge on any atom is -0.491 e. The first kappa shape index (κ1) is 26.4. The number of nitriles is 1. The monoisotopic (exact) mass is 512 g/mol. The van der Waals surface area contributed by atoms with Crippen molar-refractivity contribution >= 4 is 23.5 Å². The molecule has 0 saturated carbocycles. The lowest BCUT2D eigenvalue weighted by atomic mass is 9.91. The molecule has 4 rings (SSSR count). The van der Waals surface area contributed by atoms with Gasteiger partial charge in [0.25, 0.3) is 5.91 Å². The molecule has 9 heteroatoms. The summed E-state index contributed by atoms with van der Waals surface area (Å²) in [5.41, 5.74) is 2.27. The van der Waals surface area contributed by atoms with Gasteiger partial charge in [0.1, 0.15) is 24.4 Å². The number of ether oxygens (including phenoxy) is 2. The minimum atomic E-state index is -1.12. The summed E-state index contributed by atoms with van der Waals surface area (Å²) in [6, 6.07) is 21.8. The number of carbonyl (C=O) groups is 3. The Morgan fingerprint density at radius 1 is 1.03 bits per heavy atom. The summed E-state index contributed by atoms with van der Waals surface area (Å²) < 4.78 is 10.6. The van der Waals surface area contributed by atoms with Gasteiger partial charge in [0.05, 0.1) is 18.2 Å². The molecule has 3 atom stereocenters. The van der Waals surface area contributed by atoms with Crippen LogP contribution in [0.2, 0.25) is 0 Å². The summed E-state index contributed by atoms with van der Waals surface area (Å²) in [7, 11) is 1.59. The lowest BCUT2D eigenvalue weighted by Gasteiger charge is -2.30. The Labute approximate surface area is 221 Å². The fraction of sp³-hybridized carbons (Fsp3) is 0.241. The third kappa shape index (κ3) is 5.82. The van der Waals surface area contributed by atoms with Gasteiger partial charge in [-0.25, -0.2) is 9.69 Å². The predicted octanol–water partition coefficient (Wildman–Crippen LogP) is 3.99. The van der Waals surface area contributed by atoms with E-state index in [1.54, 1.807) is 62.6 Å². The maximum absolute atomic E-state index is 13.6. The third-order valence-electron chi connectivity index (χ3n) is 6.37. The van der Waals surface area contributed by atoms with Crippen molar-refractivity contribution in [2.45, 2.75) is 24.9 Å². The van der Waals surface area contributed by atoms with Crippen molar-refractivity contribution in [2.24, 2.45) is 0 Å². The second-order valence-corrected chi connectivity index (χ2v) is 8.82. The van der Waals surface area contributed by atoms with Crippen molar-refractivity contribution in [3.8, 4) is 11.8 Å². The molecule has 9 nitrogen and oxygen atoms in total. The summed E-state index contributed by atoms with van der Waals surface area (Å²) in [5.74, 6) is -0.931. The van der Waals surface area contributed by atoms with Gasteiger partial charge in [0.15, 0.2) is 0 Å². The second kappa shape index (κ2) is 12.0. The maximum atomic E-state index is 13.6. The standard InChI is InChI=1S/C29H28N4O5/c1-19(21-6-4-3-5-7-21)26(27(34)31-23-12-8-20(18-30)9-13-23)33-28(35)25(32-29(33)36)22-10-14-24(15-11-22)38-17-16-37-2/h3-15,19,25-26H,16-17H2,1-2H3,(H,31,34)(H,32,36)/t19-,25+,26-/m0/s1. The number of anilines is 1. The number of amides is 4. The number of nitrogens with one attached hydrogen (secondary N) is 2. The number of nitrogens with zero attached hydrogens (tertiary/aromatic N) is 2. The number of rotatable bonds is 10. The van der Waals surface area contributed by atoms with Gasteiger partial charge >= 0.3 is 6.03 Å². The average Bonchev–Trinajstić information content (AvgIpc) is 3.23. The van der Waals surface area contributed by atoms with Crippen LogP contribution in [0, 0.1) is 11.3 Å². The van der Waals surface area contributed by atoms with Crippen molar-refractivity contribution < 1.29 is 23.9 Å². The fourth-order valence-electron chi connectivity index (χ4n) is 4.33. The number of urea groups is 1. The zero-order valence-electron chi connectivity index (χ0n) is 21.1. The molecule has 0 aliphatic carbocycles. The summed E-state index contributed by atoms with van der Waals surface area (Å²) in [6.45, 7) is 2.63. The number of benzene rings is 3. The van der Waals surface area contributed by atoms with Crippen LogP contribution in [0.15, 0.2) is 78.9 Å². The van der Waals surface area contributed by atoms with Gasteiger partial charge < -0.3 is 20.1 Å². The smallest absolute Gasteiger partial charge is 0.325 e. The SMILES string of the molecule is COCCOc1ccc([C@H]2NC(=O)N([C@H](C(=O)Nc3ccc(C#N)cc3)[C@@H](C)c3ccccc3)C2=O)cc1. The molecule has 4 amide bonds. The quantitative estimate of drug-likeness (QED) is 0.313. The number of hydrogen-bond donors (Lipinski definition) is 2. The number of imide groups is 1. The molecule has 3 aromatic rings. The van der Waals surface area contributed by atoms with Gasteiger partial charge in [-0.1, -0.05) is 49.4 Å². The van der Waals surface area contributed by atoms with Gasteiger partial charge in [-0.05, 0) is 47.5 Å². The average molecular weight is 513 g/mol. The second-order valence-electron chi connectivity index (χ2n) is 8.82. The molecule has 2 N–H and O–H groups in total. The van der Waals surface area contributed by atoms with E-state index >= 15 is 0 Å². The zero-order chi connectivity index (χ0) is 27.1. The van der Waals surface area contributed by atoms with Gasteiger partial charge in [0, 0.05) is 18.7 Å². The molecule has 1 aliphatic rings. The van der Waals surface area contributed by atoms with Crippen molar-refractivity contribution in [3.63, 3.8) is 0 Å². The molecule has 0 unspecified atom stereocenters. The van der Waals surface area contributed by atoms with Gasteiger partial charge in [-0.2, -0.15) is 5.26 Å². The Bertz CT molecular complexity index is 1320. The molecule has 3 aromatic carbocycles. The van der Waals surface area contributed by atoms with Crippen LogP contribution in [0.4, 0.5) is 10.5 Å². The number of carbonyl (C=O) groups excluding carboxylic acids is 3. The van der Waals surface area contributed by atoms with Crippen molar-refractivity contribution in [3.05, 3.63) is 95.6 Å². The minimum absolute atomic E-state index is 0.385. The van der Waals surface area contributed by atoms with E-state index in [-0.39, 0.29) is 0 Å². The third-order valence-corrected chi connectivity index (χ3v) is 6.37. The van der Waals surface area contributed by atoms with Crippen LogP contribution in [-0.2, 0) is 14.3 Å². The molecule has 1 fully saturated rings. The van der Waals surface area contributed by atoms with Gasteiger partial charge in [0.2, 0.25) is 5.91 Å². The Balaban J connectivity index is 1.60. The molecular formula is C29H28N4O5. The maximum Gasteiger partial charge on any atom is 0.325 e. The Morgan fingerprint density at radius 3 is 2.34 bits per heavy atom. The molecule has 1 aliphatic heterocycles. The molecule has 38 heavy (non-hydrogen) atoms. The summed E-state index contributed by atoms with van der Waals surface area (Å²) in [6.07, 6.45) is 0. The van der Waals surface area contributed by atoms with E-state index in [1.807, 2.05) is 36.4 Å². The van der Waals surface area contributed by atoms with E-state index < -0.39 is 35.8 Å². The Morgan fingerprint density at radius 2 is 1.71 bits per heavy atom. The molecular weight excluding hydrogens is 484 g/mol. The number of methoxy groups -OCH3 is 1. The molecule has 0 aromatic heterocycles. The first-order chi connectivity index (χ1) is 18.4. The van der Waals surface area contributed by atoms with Crippen LogP contribution >= 0.6 is 0 Å².